The second-order valence-corrected chi connectivity index (χ2v) is 2.95. The summed E-state index contributed by atoms with van der Waals surface area (Å²) in [7, 11) is 0. The molecule has 1 atom stereocenters. The molecule has 0 aliphatic heterocycles. The van der Waals surface area contributed by atoms with Gasteiger partial charge in [-0.15, -0.1) is 0 Å². The van der Waals surface area contributed by atoms with Crippen LogP contribution in [0.1, 0.15) is 23.7 Å². The third-order valence-electron chi connectivity index (χ3n) is 1.76. The molecule has 13 heavy (non-hydrogen) atoms. The Bertz CT molecular complexity index is 295. The predicted molar refractivity (Wildman–Crippen MR) is 50.6 cm³/mol. The lowest BCUT2D eigenvalue weighted by Gasteiger charge is -2.01. The van der Waals surface area contributed by atoms with Crippen molar-refractivity contribution < 1.29 is 4.79 Å². The minimum atomic E-state index is -0.437. The fraction of sp³-hybridized carbons (Fsp3) is 0.300. The summed E-state index contributed by atoms with van der Waals surface area (Å²) in [5, 5.41) is 2.78. The number of hydrogen-bond acceptors (Lipinski definition) is 3. The number of benzene rings is 1. The van der Waals surface area contributed by atoms with Gasteiger partial charge in [-0.25, -0.2) is 0 Å². The highest BCUT2D eigenvalue weighted by molar-refractivity contribution is 5.96. The van der Waals surface area contributed by atoms with Gasteiger partial charge in [0.1, 0.15) is 0 Å². The zero-order valence-electron chi connectivity index (χ0n) is 7.43. The third-order valence-corrected chi connectivity index (χ3v) is 1.76. The molecule has 0 aliphatic carbocycles. The summed E-state index contributed by atoms with van der Waals surface area (Å²) < 4.78 is 0. The van der Waals surface area contributed by atoms with Crippen LogP contribution in [-0.2, 0) is 0 Å². The summed E-state index contributed by atoms with van der Waals surface area (Å²) >= 11 is 0. The molecule has 3 heteroatoms. The van der Waals surface area contributed by atoms with Crippen LogP contribution < -0.4 is 0 Å². The number of nitrogens with zero attached hydrogens (tertiary/aromatic N) is 1. The van der Waals surface area contributed by atoms with Gasteiger partial charge in [0.05, 0.1) is 6.04 Å². The lowest BCUT2D eigenvalue weighted by Crippen LogP contribution is -2.07. The van der Waals surface area contributed by atoms with E-state index in [1.807, 2.05) is 6.07 Å². The molecule has 0 amide bonds. The fourth-order valence-electron chi connectivity index (χ4n) is 1.05. The summed E-state index contributed by atoms with van der Waals surface area (Å²) in [5.41, 5.74) is 0.637. The average molecular weight is 177 g/mol. The van der Waals surface area contributed by atoms with E-state index in [0.29, 0.717) is 5.56 Å². The Morgan fingerprint density at radius 2 is 2.00 bits per heavy atom. The zero-order valence-corrected chi connectivity index (χ0v) is 7.43. The van der Waals surface area contributed by atoms with Gasteiger partial charge < -0.3 is 0 Å². The monoisotopic (exact) mass is 177 g/mol. The number of rotatable bonds is 4. The minimum absolute atomic E-state index is 0.0345. The summed E-state index contributed by atoms with van der Waals surface area (Å²) in [6.07, 6.45) is 0.188. The summed E-state index contributed by atoms with van der Waals surface area (Å²) in [4.78, 5) is 21.5. The van der Waals surface area contributed by atoms with Crippen molar-refractivity contribution >= 4 is 5.78 Å². The lowest BCUT2D eigenvalue weighted by atomic mass is 10.1. The highest BCUT2D eigenvalue weighted by atomic mass is 16.3. The van der Waals surface area contributed by atoms with E-state index < -0.39 is 6.04 Å². The molecule has 0 N–H and O–H groups in total. The van der Waals surface area contributed by atoms with Crippen molar-refractivity contribution in [1.29, 1.82) is 0 Å². The fourth-order valence-corrected chi connectivity index (χ4v) is 1.05. The Kier molecular flexibility index (Phi) is 3.31. The normalized spacial score (nSPS) is 12.1. The molecule has 0 radical (unpaired) electrons. The highest BCUT2D eigenvalue weighted by Gasteiger charge is 2.10. The first kappa shape index (κ1) is 9.58. The molecule has 3 nitrogen and oxygen atoms in total. The molecule has 1 rings (SSSR count). The quantitative estimate of drug-likeness (QED) is 0.523. The Morgan fingerprint density at radius 1 is 1.38 bits per heavy atom. The van der Waals surface area contributed by atoms with Crippen molar-refractivity contribution in [2.75, 3.05) is 0 Å². The van der Waals surface area contributed by atoms with Crippen LogP contribution in [0.15, 0.2) is 35.5 Å². The number of Topliss-reactive ketones (excluding diaryl/α,β-unsaturated/α-hetero) is 1. The van der Waals surface area contributed by atoms with Crippen molar-refractivity contribution in [1.82, 2.24) is 0 Å². The van der Waals surface area contributed by atoms with Crippen LogP contribution in [0.4, 0.5) is 0 Å². The highest BCUT2D eigenvalue weighted by Crippen LogP contribution is 2.06. The topological polar surface area (TPSA) is 46.5 Å². The van der Waals surface area contributed by atoms with Gasteiger partial charge in [0.15, 0.2) is 5.78 Å². The average Bonchev–Trinajstić information content (AvgIpc) is 2.19. The molecule has 1 aromatic carbocycles. The first-order valence-corrected chi connectivity index (χ1v) is 4.14. The van der Waals surface area contributed by atoms with Gasteiger partial charge >= 0.3 is 0 Å². The van der Waals surface area contributed by atoms with Gasteiger partial charge in [-0.2, -0.15) is 4.91 Å². The van der Waals surface area contributed by atoms with Gasteiger partial charge in [-0.3, -0.25) is 4.79 Å². The van der Waals surface area contributed by atoms with Gasteiger partial charge in [-0.05, 0) is 6.92 Å². The van der Waals surface area contributed by atoms with E-state index in [2.05, 4.69) is 5.18 Å². The second kappa shape index (κ2) is 4.50. The molecular weight excluding hydrogens is 166 g/mol. The van der Waals surface area contributed by atoms with Crippen LogP contribution in [-0.4, -0.2) is 11.8 Å². The third kappa shape index (κ3) is 2.78. The van der Waals surface area contributed by atoms with E-state index >= 15 is 0 Å². The van der Waals surface area contributed by atoms with Crippen LogP contribution in [0.5, 0.6) is 0 Å². The maximum atomic E-state index is 11.4. The van der Waals surface area contributed by atoms with Crippen LogP contribution in [0.3, 0.4) is 0 Å². The van der Waals surface area contributed by atoms with Crippen LogP contribution in [0.25, 0.3) is 0 Å². The van der Waals surface area contributed by atoms with Gasteiger partial charge in [0, 0.05) is 12.0 Å². The molecule has 68 valence electrons. The molecule has 0 saturated heterocycles. The molecule has 0 aliphatic rings. The van der Waals surface area contributed by atoms with Crippen LogP contribution in [0, 0.1) is 4.91 Å². The minimum Gasteiger partial charge on any atom is -0.294 e. The summed E-state index contributed by atoms with van der Waals surface area (Å²) in [6.45, 7) is 1.63. The maximum Gasteiger partial charge on any atom is 0.165 e. The maximum absolute atomic E-state index is 11.4. The number of hydrogen-bond donors (Lipinski definition) is 0. The number of carbonyl (C=O) groups excluding carboxylic acids is 1. The van der Waals surface area contributed by atoms with Crippen molar-refractivity contribution in [2.45, 2.75) is 19.4 Å². The molecule has 0 saturated carbocycles. The van der Waals surface area contributed by atoms with E-state index in [1.54, 1.807) is 31.2 Å². The van der Waals surface area contributed by atoms with Crippen LogP contribution in [0.2, 0.25) is 0 Å². The lowest BCUT2D eigenvalue weighted by molar-refractivity contribution is 0.0976. The van der Waals surface area contributed by atoms with Crippen molar-refractivity contribution in [2.24, 2.45) is 5.18 Å². The summed E-state index contributed by atoms with van der Waals surface area (Å²) in [5.74, 6) is -0.0345. The number of carbonyl (C=O) groups is 1. The van der Waals surface area contributed by atoms with Crippen molar-refractivity contribution in [3.8, 4) is 0 Å². The molecular formula is C10H11NO2. The van der Waals surface area contributed by atoms with Gasteiger partial charge in [0.25, 0.3) is 0 Å². The standard InChI is InChI=1S/C10H11NO2/c1-8(11-13)7-10(12)9-5-3-2-4-6-9/h2-6,8H,7H2,1H3. The Morgan fingerprint density at radius 3 is 2.54 bits per heavy atom. The molecule has 0 spiro atoms. The second-order valence-electron chi connectivity index (χ2n) is 2.95. The zero-order chi connectivity index (χ0) is 9.68. The predicted octanol–water partition coefficient (Wildman–Crippen LogP) is 2.41. The Hall–Kier alpha value is -1.51. The smallest absolute Gasteiger partial charge is 0.165 e. The van der Waals surface area contributed by atoms with Gasteiger partial charge in [-0.1, -0.05) is 35.5 Å². The summed E-state index contributed by atoms with van der Waals surface area (Å²) in [6, 6.07) is 8.48. The molecule has 0 bridgehead atoms. The molecule has 0 aromatic heterocycles. The largest absolute Gasteiger partial charge is 0.294 e. The Labute approximate surface area is 76.7 Å². The first-order valence-electron chi connectivity index (χ1n) is 4.14. The van der Waals surface area contributed by atoms with E-state index in [9.17, 15) is 9.70 Å². The molecule has 0 fully saturated rings. The van der Waals surface area contributed by atoms with Crippen molar-refractivity contribution in [3.05, 3.63) is 40.8 Å². The van der Waals surface area contributed by atoms with E-state index in [0.717, 1.165) is 0 Å². The van der Waals surface area contributed by atoms with Crippen molar-refractivity contribution in [3.63, 3.8) is 0 Å². The number of ketones is 1. The SMILES string of the molecule is CC(CC(=O)c1ccccc1)N=O. The first-order chi connectivity index (χ1) is 6.24. The molecule has 1 unspecified atom stereocenters. The molecule has 1 aromatic rings. The van der Waals surface area contributed by atoms with E-state index in [1.165, 1.54) is 0 Å². The van der Waals surface area contributed by atoms with E-state index in [-0.39, 0.29) is 12.2 Å². The molecule has 0 heterocycles. The van der Waals surface area contributed by atoms with Gasteiger partial charge in [0.2, 0.25) is 0 Å². The number of nitroso groups, excluding NO2 is 1. The van der Waals surface area contributed by atoms with E-state index in [4.69, 9.17) is 0 Å². The Balaban J connectivity index is 2.64. The van der Waals surface area contributed by atoms with Crippen LogP contribution >= 0.6 is 0 Å².